The molecule has 0 aliphatic carbocycles. The highest BCUT2D eigenvalue weighted by Gasteiger charge is 2.27. The second-order valence-electron chi connectivity index (χ2n) is 6.21. The number of halogens is 1. The number of hydrogen-bond donors (Lipinski definition) is 1. The summed E-state index contributed by atoms with van der Waals surface area (Å²) in [6.45, 7) is 0.882. The molecule has 0 atom stereocenters. The van der Waals surface area contributed by atoms with Crippen molar-refractivity contribution in [1.29, 1.82) is 0 Å². The SMILES string of the molecule is O=C(NCCN1CCCS1(=O)=O)c1ccccc1C(=O)c1ccc(Cl)cc1. The Hall–Kier alpha value is -2.22. The number of carbonyl (C=O) groups is 2. The standard InChI is InChI=1S/C19H19ClN2O4S/c20-15-8-6-14(7-9-15)18(23)16-4-1-2-5-17(16)19(24)21-10-12-22-11-3-13-27(22,25)26/h1-2,4-9H,3,10-13H2,(H,21,24). The fraction of sp³-hybridized carbons (Fsp3) is 0.263. The molecule has 0 saturated carbocycles. The van der Waals surface area contributed by atoms with Crippen LogP contribution >= 0.6 is 11.6 Å². The number of benzene rings is 2. The highest BCUT2D eigenvalue weighted by molar-refractivity contribution is 7.89. The highest BCUT2D eigenvalue weighted by atomic mass is 35.5. The molecule has 1 amide bonds. The second kappa shape index (κ2) is 8.21. The van der Waals surface area contributed by atoms with E-state index in [0.717, 1.165) is 0 Å². The molecular weight excluding hydrogens is 388 g/mol. The fourth-order valence-corrected chi connectivity index (χ4v) is 4.62. The topological polar surface area (TPSA) is 83.6 Å². The second-order valence-corrected chi connectivity index (χ2v) is 8.73. The van der Waals surface area contributed by atoms with Gasteiger partial charge in [0.2, 0.25) is 10.0 Å². The van der Waals surface area contributed by atoms with E-state index in [9.17, 15) is 18.0 Å². The molecule has 2 aromatic rings. The lowest BCUT2D eigenvalue weighted by atomic mass is 9.98. The normalized spacial score (nSPS) is 16.2. The van der Waals surface area contributed by atoms with E-state index in [2.05, 4.69) is 5.32 Å². The third-order valence-electron chi connectivity index (χ3n) is 4.37. The van der Waals surface area contributed by atoms with E-state index >= 15 is 0 Å². The molecular formula is C19H19ClN2O4S. The molecule has 142 valence electrons. The van der Waals surface area contributed by atoms with Gasteiger partial charge in [0.05, 0.1) is 11.3 Å². The summed E-state index contributed by atoms with van der Waals surface area (Å²) in [7, 11) is -3.19. The average Bonchev–Trinajstić information content (AvgIpc) is 3.00. The van der Waals surface area contributed by atoms with E-state index in [1.807, 2.05) is 0 Å². The molecule has 27 heavy (non-hydrogen) atoms. The molecule has 1 saturated heterocycles. The van der Waals surface area contributed by atoms with Crippen molar-refractivity contribution in [3.63, 3.8) is 0 Å². The zero-order chi connectivity index (χ0) is 19.4. The summed E-state index contributed by atoms with van der Waals surface area (Å²) in [4.78, 5) is 25.3. The Bertz CT molecular complexity index is 958. The van der Waals surface area contributed by atoms with E-state index in [4.69, 9.17) is 11.6 Å². The molecule has 0 spiro atoms. The Kier molecular flexibility index (Phi) is 5.94. The molecule has 0 radical (unpaired) electrons. The van der Waals surface area contributed by atoms with Crippen LogP contribution in [0.25, 0.3) is 0 Å². The third-order valence-corrected chi connectivity index (χ3v) is 6.58. The maximum absolute atomic E-state index is 12.7. The van der Waals surface area contributed by atoms with E-state index in [1.54, 1.807) is 48.5 Å². The van der Waals surface area contributed by atoms with Gasteiger partial charge in [0.1, 0.15) is 0 Å². The van der Waals surface area contributed by atoms with E-state index < -0.39 is 15.9 Å². The number of carbonyl (C=O) groups excluding carboxylic acids is 2. The quantitative estimate of drug-likeness (QED) is 0.746. The van der Waals surface area contributed by atoms with Crippen molar-refractivity contribution in [3.05, 3.63) is 70.2 Å². The molecule has 3 rings (SSSR count). The molecule has 1 fully saturated rings. The van der Waals surface area contributed by atoms with Gasteiger partial charge in [0, 0.05) is 35.8 Å². The number of sulfonamides is 1. The van der Waals surface area contributed by atoms with E-state index in [-0.39, 0.29) is 35.8 Å². The summed E-state index contributed by atoms with van der Waals surface area (Å²) in [5, 5.41) is 3.22. The van der Waals surface area contributed by atoms with Gasteiger partial charge in [-0.25, -0.2) is 12.7 Å². The summed E-state index contributed by atoms with van der Waals surface area (Å²) < 4.78 is 25.0. The molecule has 1 N–H and O–H groups in total. The minimum Gasteiger partial charge on any atom is -0.351 e. The van der Waals surface area contributed by atoms with Gasteiger partial charge < -0.3 is 5.32 Å². The summed E-state index contributed by atoms with van der Waals surface area (Å²) in [5.41, 5.74) is 0.968. The van der Waals surface area contributed by atoms with Gasteiger partial charge in [-0.05, 0) is 36.8 Å². The summed E-state index contributed by atoms with van der Waals surface area (Å²) >= 11 is 5.85. The zero-order valence-corrected chi connectivity index (χ0v) is 16.1. The molecule has 1 heterocycles. The first-order chi connectivity index (χ1) is 12.9. The summed E-state index contributed by atoms with van der Waals surface area (Å²) in [6.07, 6.45) is 0.606. The van der Waals surface area contributed by atoms with Gasteiger partial charge in [-0.15, -0.1) is 0 Å². The monoisotopic (exact) mass is 406 g/mol. The van der Waals surface area contributed by atoms with Crippen molar-refractivity contribution in [3.8, 4) is 0 Å². The highest BCUT2D eigenvalue weighted by Crippen LogP contribution is 2.17. The van der Waals surface area contributed by atoms with Crippen LogP contribution in [-0.4, -0.2) is 49.8 Å². The van der Waals surface area contributed by atoms with E-state index in [1.165, 1.54) is 4.31 Å². The van der Waals surface area contributed by atoms with Crippen LogP contribution in [0.5, 0.6) is 0 Å². The first-order valence-corrected chi connectivity index (χ1v) is 10.5. The largest absolute Gasteiger partial charge is 0.351 e. The summed E-state index contributed by atoms with van der Waals surface area (Å²) in [5.74, 6) is -0.539. The Morgan fingerprint density at radius 1 is 1.04 bits per heavy atom. The lowest BCUT2D eigenvalue weighted by Gasteiger charge is -2.15. The van der Waals surface area contributed by atoms with Gasteiger partial charge in [0.25, 0.3) is 5.91 Å². The van der Waals surface area contributed by atoms with Crippen molar-refractivity contribution in [1.82, 2.24) is 9.62 Å². The minimum absolute atomic E-state index is 0.152. The third kappa shape index (κ3) is 4.55. The van der Waals surface area contributed by atoms with Crippen molar-refractivity contribution >= 4 is 33.3 Å². The molecule has 2 aromatic carbocycles. The van der Waals surface area contributed by atoms with Crippen LogP contribution < -0.4 is 5.32 Å². The Labute approximate surface area is 163 Å². The molecule has 8 heteroatoms. The fourth-order valence-electron chi connectivity index (χ4n) is 2.97. The van der Waals surface area contributed by atoms with Crippen LogP contribution in [0, 0.1) is 0 Å². The number of rotatable bonds is 6. The number of ketones is 1. The predicted molar refractivity (Wildman–Crippen MR) is 104 cm³/mol. The Morgan fingerprint density at radius 2 is 1.70 bits per heavy atom. The van der Waals surface area contributed by atoms with Crippen molar-refractivity contribution in [2.75, 3.05) is 25.4 Å². The molecule has 1 aliphatic heterocycles. The average molecular weight is 407 g/mol. The van der Waals surface area contributed by atoms with E-state index in [0.29, 0.717) is 23.6 Å². The summed E-state index contributed by atoms with van der Waals surface area (Å²) in [6, 6.07) is 13.0. The van der Waals surface area contributed by atoms with Gasteiger partial charge in [-0.3, -0.25) is 9.59 Å². The molecule has 0 aromatic heterocycles. The van der Waals surface area contributed by atoms with Gasteiger partial charge in [0.15, 0.2) is 5.78 Å². The zero-order valence-electron chi connectivity index (χ0n) is 14.5. The first kappa shape index (κ1) is 19.5. The van der Waals surface area contributed by atoms with Crippen molar-refractivity contribution < 1.29 is 18.0 Å². The van der Waals surface area contributed by atoms with Crippen LogP contribution in [0.1, 0.15) is 32.7 Å². The Morgan fingerprint density at radius 3 is 2.33 bits per heavy atom. The molecule has 6 nitrogen and oxygen atoms in total. The number of nitrogens with one attached hydrogen (secondary N) is 1. The lowest BCUT2D eigenvalue weighted by molar-refractivity contribution is 0.0940. The van der Waals surface area contributed by atoms with Crippen molar-refractivity contribution in [2.45, 2.75) is 6.42 Å². The number of hydrogen-bond acceptors (Lipinski definition) is 4. The van der Waals surface area contributed by atoms with Crippen LogP contribution in [-0.2, 0) is 10.0 Å². The molecule has 0 unspecified atom stereocenters. The van der Waals surface area contributed by atoms with Gasteiger partial charge in [-0.2, -0.15) is 0 Å². The van der Waals surface area contributed by atoms with Crippen LogP contribution in [0.15, 0.2) is 48.5 Å². The first-order valence-electron chi connectivity index (χ1n) is 8.54. The van der Waals surface area contributed by atoms with Gasteiger partial charge >= 0.3 is 0 Å². The molecule has 1 aliphatic rings. The minimum atomic E-state index is -3.19. The lowest BCUT2D eigenvalue weighted by Crippen LogP contribution is -2.36. The smallest absolute Gasteiger partial charge is 0.252 e. The van der Waals surface area contributed by atoms with Crippen molar-refractivity contribution in [2.24, 2.45) is 0 Å². The van der Waals surface area contributed by atoms with Crippen LogP contribution in [0.4, 0.5) is 0 Å². The van der Waals surface area contributed by atoms with Gasteiger partial charge in [-0.1, -0.05) is 29.8 Å². The predicted octanol–water partition coefficient (Wildman–Crippen LogP) is 2.34. The maximum atomic E-state index is 12.7. The van der Waals surface area contributed by atoms with Crippen LogP contribution in [0.2, 0.25) is 5.02 Å². The van der Waals surface area contributed by atoms with Crippen LogP contribution in [0.3, 0.4) is 0 Å². The molecule has 0 bridgehead atoms. The Balaban J connectivity index is 1.70. The number of amides is 1. The maximum Gasteiger partial charge on any atom is 0.252 e. The number of nitrogens with zero attached hydrogens (tertiary/aromatic N) is 1.